The van der Waals surface area contributed by atoms with Gasteiger partial charge in [-0.2, -0.15) is 0 Å². The van der Waals surface area contributed by atoms with Crippen LogP contribution in [0.4, 0.5) is 0 Å². The number of amides is 1. The molecule has 1 spiro atoms. The first-order valence-electron chi connectivity index (χ1n) is 8.81. The van der Waals surface area contributed by atoms with Crippen molar-refractivity contribution in [2.24, 2.45) is 5.41 Å². The summed E-state index contributed by atoms with van der Waals surface area (Å²) >= 11 is 0. The molecule has 3 fully saturated rings. The normalized spacial score (nSPS) is 31.0. The lowest BCUT2D eigenvalue weighted by Gasteiger charge is -2.45. The summed E-state index contributed by atoms with van der Waals surface area (Å²) in [5, 5.41) is 3.46. The molecule has 0 aromatic rings. The molecule has 2 aliphatic heterocycles. The van der Waals surface area contributed by atoms with Crippen LogP contribution in [-0.4, -0.2) is 36.5 Å². The van der Waals surface area contributed by atoms with Crippen molar-refractivity contribution in [2.75, 3.05) is 19.6 Å². The third-order valence-corrected chi connectivity index (χ3v) is 5.91. The minimum Gasteiger partial charge on any atom is -0.341 e. The molecule has 2 heterocycles. The molecule has 1 aliphatic carbocycles. The number of carbonyl (C=O) groups is 1. The Kier molecular flexibility index (Phi) is 4.65. The Morgan fingerprint density at radius 2 is 1.60 bits per heavy atom. The van der Waals surface area contributed by atoms with Crippen LogP contribution in [0.5, 0.6) is 0 Å². The molecule has 0 aromatic carbocycles. The van der Waals surface area contributed by atoms with Gasteiger partial charge in [0.2, 0.25) is 5.91 Å². The van der Waals surface area contributed by atoms with Crippen molar-refractivity contribution >= 4 is 5.91 Å². The van der Waals surface area contributed by atoms with Gasteiger partial charge in [0.05, 0.1) is 6.04 Å². The summed E-state index contributed by atoms with van der Waals surface area (Å²) in [5.41, 5.74) is 0.603. The molecule has 1 atom stereocenters. The molecule has 0 radical (unpaired) electrons. The van der Waals surface area contributed by atoms with Gasteiger partial charge >= 0.3 is 0 Å². The first kappa shape index (κ1) is 14.4. The van der Waals surface area contributed by atoms with E-state index in [-0.39, 0.29) is 6.04 Å². The quantitative estimate of drug-likeness (QED) is 0.799. The van der Waals surface area contributed by atoms with Gasteiger partial charge in [-0.25, -0.2) is 0 Å². The van der Waals surface area contributed by atoms with Gasteiger partial charge in [-0.05, 0) is 50.5 Å². The van der Waals surface area contributed by atoms with Gasteiger partial charge in [-0.1, -0.05) is 32.1 Å². The maximum Gasteiger partial charge on any atom is 0.239 e. The topological polar surface area (TPSA) is 32.3 Å². The Morgan fingerprint density at radius 3 is 2.35 bits per heavy atom. The molecule has 0 bridgehead atoms. The van der Waals surface area contributed by atoms with Gasteiger partial charge < -0.3 is 10.2 Å². The largest absolute Gasteiger partial charge is 0.341 e. The van der Waals surface area contributed by atoms with Crippen molar-refractivity contribution < 1.29 is 4.79 Å². The van der Waals surface area contributed by atoms with E-state index in [9.17, 15) is 4.79 Å². The van der Waals surface area contributed by atoms with E-state index < -0.39 is 0 Å². The summed E-state index contributed by atoms with van der Waals surface area (Å²) in [4.78, 5) is 14.8. The molecule has 0 aromatic heterocycles. The number of hydrogen-bond donors (Lipinski definition) is 1. The summed E-state index contributed by atoms with van der Waals surface area (Å²) in [6.07, 6.45) is 14.4. The molecular weight excluding hydrogens is 248 g/mol. The highest BCUT2D eigenvalue weighted by Crippen LogP contribution is 2.44. The standard InChI is InChI=1S/C17H30N2O/c20-16(15-7-3-1-6-12-18-15)19-13-10-17(11-14-19)8-4-2-5-9-17/h15,18H,1-14H2. The highest BCUT2D eigenvalue weighted by Gasteiger charge is 2.37. The Balaban J connectivity index is 1.53. The molecule has 1 amide bonds. The zero-order valence-electron chi connectivity index (χ0n) is 12.8. The van der Waals surface area contributed by atoms with Crippen LogP contribution < -0.4 is 5.32 Å². The van der Waals surface area contributed by atoms with Gasteiger partial charge in [0.25, 0.3) is 0 Å². The number of carbonyl (C=O) groups excluding carboxylic acids is 1. The van der Waals surface area contributed by atoms with E-state index in [4.69, 9.17) is 0 Å². The highest BCUT2D eigenvalue weighted by molar-refractivity contribution is 5.82. The second-order valence-corrected chi connectivity index (χ2v) is 7.24. The number of piperidine rings is 1. The number of hydrogen-bond acceptors (Lipinski definition) is 2. The third kappa shape index (κ3) is 3.19. The van der Waals surface area contributed by atoms with Crippen LogP contribution in [0.3, 0.4) is 0 Å². The van der Waals surface area contributed by atoms with E-state index in [0.29, 0.717) is 11.3 Å². The second kappa shape index (κ2) is 6.46. The van der Waals surface area contributed by atoms with Crippen LogP contribution in [0.1, 0.15) is 70.6 Å². The zero-order valence-corrected chi connectivity index (χ0v) is 12.8. The molecule has 3 rings (SSSR count). The average Bonchev–Trinajstić information content (AvgIpc) is 2.77. The number of nitrogens with one attached hydrogen (secondary N) is 1. The van der Waals surface area contributed by atoms with Crippen molar-refractivity contribution in [3.8, 4) is 0 Å². The smallest absolute Gasteiger partial charge is 0.239 e. The fraction of sp³-hybridized carbons (Fsp3) is 0.941. The van der Waals surface area contributed by atoms with Crippen molar-refractivity contribution in [3.63, 3.8) is 0 Å². The zero-order chi connectivity index (χ0) is 13.8. The van der Waals surface area contributed by atoms with E-state index in [2.05, 4.69) is 10.2 Å². The summed E-state index contributed by atoms with van der Waals surface area (Å²) < 4.78 is 0. The molecule has 3 heteroatoms. The summed E-state index contributed by atoms with van der Waals surface area (Å²) in [6.45, 7) is 3.04. The highest BCUT2D eigenvalue weighted by atomic mass is 16.2. The van der Waals surface area contributed by atoms with E-state index >= 15 is 0 Å². The summed E-state index contributed by atoms with van der Waals surface area (Å²) in [7, 11) is 0. The van der Waals surface area contributed by atoms with Crippen LogP contribution in [-0.2, 0) is 4.79 Å². The Hall–Kier alpha value is -0.570. The molecule has 1 unspecified atom stereocenters. The Morgan fingerprint density at radius 1 is 0.900 bits per heavy atom. The van der Waals surface area contributed by atoms with Gasteiger partial charge in [-0.15, -0.1) is 0 Å². The van der Waals surface area contributed by atoms with Crippen molar-refractivity contribution in [2.45, 2.75) is 76.7 Å². The fourth-order valence-corrected chi connectivity index (χ4v) is 4.46. The molecule has 2 saturated heterocycles. The van der Waals surface area contributed by atoms with Crippen LogP contribution in [0.2, 0.25) is 0 Å². The fourth-order valence-electron chi connectivity index (χ4n) is 4.46. The summed E-state index contributed by atoms with van der Waals surface area (Å²) in [6, 6.07) is 0.109. The Labute approximate surface area is 123 Å². The monoisotopic (exact) mass is 278 g/mol. The lowest BCUT2D eigenvalue weighted by molar-refractivity contribution is -0.136. The number of nitrogens with zero attached hydrogens (tertiary/aromatic N) is 1. The molecule has 1 N–H and O–H groups in total. The van der Waals surface area contributed by atoms with E-state index in [1.54, 1.807) is 0 Å². The maximum atomic E-state index is 12.6. The molecule has 3 nitrogen and oxygen atoms in total. The number of likely N-dealkylation sites (tertiary alicyclic amines) is 1. The maximum absolute atomic E-state index is 12.6. The predicted octanol–water partition coefficient (Wildman–Crippen LogP) is 3.09. The van der Waals surface area contributed by atoms with Crippen molar-refractivity contribution in [1.82, 2.24) is 10.2 Å². The molecular formula is C17H30N2O. The molecule has 1 saturated carbocycles. The van der Waals surface area contributed by atoms with Crippen molar-refractivity contribution in [3.05, 3.63) is 0 Å². The third-order valence-electron chi connectivity index (χ3n) is 5.91. The Bertz CT molecular complexity index is 318. The van der Waals surface area contributed by atoms with Crippen LogP contribution in [0.25, 0.3) is 0 Å². The second-order valence-electron chi connectivity index (χ2n) is 7.24. The first-order chi connectivity index (χ1) is 9.79. The van der Waals surface area contributed by atoms with Gasteiger partial charge in [0.15, 0.2) is 0 Å². The lowest BCUT2D eigenvalue weighted by Crippen LogP contribution is -2.51. The van der Waals surface area contributed by atoms with Gasteiger partial charge in [-0.3, -0.25) is 4.79 Å². The predicted molar refractivity (Wildman–Crippen MR) is 81.6 cm³/mol. The van der Waals surface area contributed by atoms with E-state index in [1.165, 1.54) is 64.2 Å². The minimum absolute atomic E-state index is 0.109. The molecule has 20 heavy (non-hydrogen) atoms. The van der Waals surface area contributed by atoms with Crippen LogP contribution >= 0.6 is 0 Å². The van der Waals surface area contributed by atoms with E-state index in [1.807, 2.05) is 0 Å². The number of rotatable bonds is 1. The van der Waals surface area contributed by atoms with E-state index in [0.717, 1.165) is 26.1 Å². The van der Waals surface area contributed by atoms with Gasteiger partial charge in [0, 0.05) is 13.1 Å². The molecule has 114 valence electrons. The lowest BCUT2D eigenvalue weighted by atomic mass is 9.68. The first-order valence-corrected chi connectivity index (χ1v) is 8.81. The van der Waals surface area contributed by atoms with Crippen LogP contribution in [0, 0.1) is 5.41 Å². The SMILES string of the molecule is O=C(C1CCCCCN1)N1CCC2(CCCCC2)CC1. The van der Waals surface area contributed by atoms with Crippen LogP contribution in [0.15, 0.2) is 0 Å². The average molecular weight is 278 g/mol. The summed E-state index contributed by atoms with van der Waals surface area (Å²) in [5.74, 6) is 0.387. The minimum atomic E-state index is 0.109. The van der Waals surface area contributed by atoms with Crippen molar-refractivity contribution in [1.29, 1.82) is 0 Å². The van der Waals surface area contributed by atoms with Gasteiger partial charge in [0.1, 0.15) is 0 Å². The molecule has 3 aliphatic rings.